The molecule has 2 aromatic rings. The zero-order chi connectivity index (χ0) is 18.6. The lowest BCUT2D eigenvalue weighted by Gasteiger charge is -2.40. The Labute approximate surface area is 178 Å². The highest BCUT2D eigenvalue weighted by atomic mass is 35.5. The van der Waals surface area contributed by atoms with Crippen molar-refractivity contribution in [2.75, 3.05) is 43.9 Å². The molecule has 28 heavy (non-hydrogen) atoms. The Morgan fingerprint density at radius 1 is 1.25 bits per heavy atom. The first kappa shape index (κ1) is 21.2. The minimum Gasteiger partial charge on any atom is -0.491 e. The Kier molecular flexibility index (Phi) is 7.43. The number of halogens is 1. The van der Waals surface area contributed by atoms with E-state index in [1.54, 1.807) is 25.2 Å². The number of thioether (sulfide) groups is 1. The second-order valence-electron chi connectivity index (χ2n) is 7.43. The Balaban J connectivity index is 0.00000225. The van der Waals surface area contributed by atoms with Gasteiger partial charge in [-0.25, -0.2) is 9.97 Å². The van der Waals surface area contributed by atoms with Crippen molar-refractivity contribution >= 4 is 30.0 Å². The Morgan fingerprint density at radius 2 is 2.11 bits per heavy atom. The number of nitrogens with zero attached hydrogens (tertiary/aromatic N) is 4. The maximum Gasteiger partial charge on any atom is 0.179 e. The fourth-order valence-electron chi connectivity index (χ4n) is 4.22. The summed E-state index contributed by atoms with van der Waals surface area (Å²) in [5, 5.41) is 0. The molecule has 4 rings (SSSR count). The Hall–Kier alpha value is -1.50. The molecule has 2 atom stereocenters. The summed E-state index contributed by atoms with van der Waals surface area (Å²) in [6.45, 7) is 6.54. The van der Waals surface area contributed by atoms with Crippen LogP contribution in [0.15, 0.2) is 41.7 Å². The Bertz CT molecular complexity index is 778. The van der Waals surface area contributed by atoms with Crippen LogP contribution in [-0.4, -0.2) is 60.0 Å². The summed E-state index contributed by atoms with van der Waals surface area (Å²) in [5.41, 5.74) is 1.57. The topological polar surface area (TPSA) is 41.5 Å². The molecule has 1 aromatic heterocycles. The molecule has 1 fully saturated rings. The van der Waals surface area contributed by atoms with Gasteiger partial charge in [0.05, 0.1) is 13.3 Å². The number of fused-ring (bicyclic) bond motifs is 1. The molecule has 0 spiro atoms. The van der Waals surface area contributed by atoms with Gasteiger partial charge < -0.3 is 9.64 Å². The van der Waals surface area contributed by atoms with E-state index in [1.807, 2.05) is 11.8 Å². The second-order valence-corrected chi connectivity index (χ2v) is 8.50. The van der Waals surface area contributed by atoms with Crippen molar-refractivity contribution in [1.29, 1.82) is 0 Å². The molecule has 3 heterocycles. The number of piperazine rings is 1. The van der Waals surface area contributed by atoms with Gasteiger partial charge in [0.2, 0.25) is 0 Å². The van der Waals surface area contributed by atoms with Crippen molar-refractivity contribution in [3.05, 3.63) is 42.4 Å². The monoisotopic (exact) mass is 420 g/mol. The lowest BCUT2D eigenvalue weighted by Crippen LogP contribution is -2.52. The van der Waals surface area contributed by atoms with Crippen LogP contribution >= 0.6 is 24.2 Å². The highest BCUT2D eigenvalue weighted by Gasteiger charge is 2.27. The van der Waals surface area contributed by atoms with Crippen LogP contribution < -0.4 is 9.64 Å². The minimum atomic E-state index is 0. The molecular formula is C21H29ClN4OS. The Morgan fingerprint density at radius 3 is 2.93 bits per heavy atom. The first-order valence-electron chi connectivity index (χ1n) is 9.81. The van der Waals surface area contributed by atoms with Crippen LogP contribution in [0.1, 0.15) is 31.2 Å². The van der Waals surface area contributed by atoms with Gasteiger partial charge in [-0.1, -0.05) is 18.2 Å². The molecule has 0 radical (unpaired) electrons. The molecule has 2 unspecified atom stereocenters. The standard InChI is InChI=1S/C21H28N4OS.ClH/c1-16-13-25(21-19(26-2)12-22-15-23-21)11-10-24(16)9-5-6-17-14-27-20-8-4-3-7-18(17)20;/h3-4,7-8,12,15-17H,5-6,9-11,13-14H2,1-2H3;1H. The van der Waals surface area contributed by atoms with E-state index in [0.717, 1.165) is 37.1 Å². The van der Waals surface area contributed by atoms with Crippen molar-refractivity contribution < 1.29 is 4.74 Å². The largest absolute Gasteiger partial charge is 0.491 e. The number of benzene rings is 1. The molecule has 0 N–H and O–H groups in total. The van der Waals surface area contributed by atoms with Crippen molar-refractivity contribution in [2.45, 2.75) is 36.6 Å². The molecular weight excluding hydrogens is 392 g/mol. The predicted molar refractivity (Wildman–Crippen MR) is 118 cm³/mol. The summed E-state index contributed by atoms with van der Waals surface area (Å²) in [7, 11) is 1.68. The van der Waals surface area contributed by atoms with Gasteiger partial charge in [-0.3, -0.25) is 4.90 Å². The number of rotatable bonds is 6. The second kappa shape index (κ2) is 9.81. The van der Waals surface area contributed by atoms with Crippen molar-refractivity contribution in [1.82, 2.24) is 14.9 Å². The van der Waals surface area contributed by atoms with E-state index < -0.39 is 0 Å². The van der Waals surface area contributed by atoms with Crippen LogP contribution in [0.3, 0.4) is 0 Å². The van der Waals surface area contributed by atoms with Crippen LogP contribution in [0.5, 0.6) is 5.75 Å². The van der Waals surface area contributed by atoms with Gasteiger partial charge in [0.1, 0.15) is 6.33 Å². The minimum absolute atomic E-state index is 0. The summed E-state index contributed by atoms with van der Waals surface area (Å²) >= 11 is 2.02. The number of methoxy groups -OCH3 is 1. The van der Waals surface area contributed by atoms with Crippen molar-refractivity contribution in [3.8, 4) is 5.75 Å². The summed E-state index contributed by atoms with van der Waals surface area (Å²) in [6.07, 6.45) is 5.90. The van der Waals surface area contributed by atoms with E-state index in [2.05, 4.69) is 51.0 Å². The first-order chi connectivity index (χ1) is 13.3. The summed E-state index contributed by atoms with van der Waals surface area (Å²) in [5.74, 6) is 3.65. The molecule has 0 bridgehead atoms. The zero-order valence-corrected chi connectivity index (χ0v) is 18.2. The highest BCUT2D eigenvalue weighted by Crippen LogP contribution is 2.41. The third-order valence-electron chi connectivity index (χ3n) is 5.74. The average Bonchev–Trinajstić information content (AvgIpc) is 3.12. The normalized spacial score (nSPS) is 21.9. The van der Waals surface area contributed by atoms with Crippen molar-refractivity contribution in [3.63, 3.8) is 0 Å². The molecule has 5 nitrogen and oxygen atoms in total. The lowest BCUT2D eigenvalue weighted by atomic mass is 9.96. The van der Waals surface area contributed by atoms with E-state index in [-0.39, 0.29) is 12.4 Å². The van der Waals surface area contributed by atoms with Crippen LogP contribution in [0.4, 0.5) is 5.82 Å². The number of aromatic nitrogens is 2. The molecule has 152 valence electrons. The zero-order valence-electron chi connectivity index (χ0n) is 16.6. The third-order valence-corrected chi connectivity index (χ3v) is 6.99. The van der Waals surface area contributed by atoms with E-state index in [1.165, 1.54) is 30.0 Å². The van der Waals surface area contributed by atoms with Crippen LogP contribution in [-0.2, 0) is 0 Å². The summed E-state index contributed by atoms with van der Waals surface area (Å²) in [6, 6.07) is 9.44. The number of ether oxygens (including phenoxy) is 1. The quantitative estimate of drug-likeness (QED) is 0.701. The van der Waals surface area contributed by atoms with Gasteiger partial charge in [-0.05, 0) is 43.9 Å². The molecule has 1 aromatic carbocycles. The third kappa shape index (κ3) is 4.56. The first-order valence-corrected chi connectivity index (χ1v) is 10.8. The van der Waals surface area contributed by atoms with Gasteiger partial charge in [-0.15, -0.1) is 24.2 Å². The number of hydrogen-bond donors (Lipinski definition) is 0. The highest BCUT2D eigenvalue weighted by molar-refractivity contribution is 7.99. The molecule has 2 aliphatic rings. The van der Waals surface area contributed by atoms with E-state index in [4.69, 9.17) is 4.74 Å². The van der Waals surface area contributed by atoms with E-state index in [0.29, 0.717) is 6.04 Å². The summed E-state index contributed by atoms with van der Waals surface area (Å²) in [4.78, 5) is 14.9. The van der Waals surface area contributed by atoms with E-state index in [9.17, 15) is 0 Å². The molecule has 1 saturated heterocycles. The van der Waals surface area contributed by atoms with Crippen molar-refractivity contribution in [2.24, 2.45) is 0 Å². The van der Waals surface area contributed by atoms with Gasteiger partial charge in [-0.2, -0.15) is 0 Å². The van der Waals surface area contributed by atoms with Crippen LogP contribution in [0.25, 0.3) is 0 Å². The predicted octanol–water partition coefficient (Wildman–Crippen LogP) is 4.09. The van der Waals surface area contributed by atoms with E-state index >= 15 is 0 Å². The maximum atomic E-state index is 5.43. The smallest absolute Gasteiger partial charge is 0.179 e. The number of anilines is 1. The van der Waals surface area contributed by atoms with Crippen LogP contribution in [0.2, 0.25) is 0 Å². The number of hydrogen-bond acceptors (Lipinski definition) is 6. The molecule has 0 saturated carbocycles. The van der Waals surface area contributed by atoms with Gasteiger partial charge in [0, 0.05) is 36.3 Å². The lowest BCUT2D eigenvalue weighted by molar-refractivity contribution is 0.184. The maximum absolute atomic E-state index is 5.43. The average molecular weight is 421 g/mol. The molecule has 2 aliphatic heterocycles. The molecule has 0 amide bonds. The summed E-state index contributed by atoms with van der Waals surface area (Å²) < 4.78 is 5.43. The fourth-order valence-corrected chi connectivity index (χ4v) is 5.52. The SMILES string of the molecule is COc1cncnc1N1CCN(CCCC2CSc3ccccc32)C(C)C1.Cl. The van der Waals surface area contributed by atoms with Gasteiger partial charge in [0.25, 0.3) is 0 Å². The van der Waals surface area contributed by atoms with Crippen LogP contribution in [0, 0.1) is 0 Å². The molecule has 7 heteroatoms. The fraction of sp³-hybridized carbons (Fsp3) is 0.524. The van der Waals surface area contributed by atoms with Gasteiger partial charge in [0.15, 0.2) is 11.6 Å². The molecule has 0 aliphatic carbocycles. The van der Waals surface area contributed by atoms with Gasteiger partial charge >= 0.3 is 0 Å².